The van der Waals surface area contributed by atoms with Gasteiger partial charge in [-0.15, -0.1) is 0 Å². The second-order valence-electron chi connectivity index (χ2n) is 5.29. The predicted molar refractivity (Wildman–Crippen MR) is 71.4 cm³/mol. The third-order valence-corrected chi connectivity index (χ3v) is 3.21. The molecular weight excluding hydrogens is 228 g/mol. The molecule has 0 saturated carbocycles. The van der Waals surface area contributed by atoms with Crippen LogP contribution in [0.4, 0.5) is 0 Å². The first-order chi connectivity index (χ1) is 8.65. The van der Waals surface area contributed by atoms with Crippen molar-refractivity contribution in [3.8, 4) is 0 Å². The molecule has 1 saturated heterocycles. The molecule has 0 amide bonds. The number of hydrogen-bond acceptors (Lipinski definition) is 4. The molecule has 102 valence electrons. The number of imidazole rings is 1. The van der Waals surface area contributed by atoms with Crippen molar-refractivity contribution in [2.75, 3.05) is 26.7 Å². The van der Waals surface area contributed by atoms with E-state index in [0.29, 0.717) is 6.04 Å². The number of ether oxygens (including phenoxy) is 1. The summed E-state index contributed by atoms with van der Waals surface area (Å²) in [5.74, 6) is 1.08. The fraction of sp³-hybridized carbons (Fsp3) is 0.769. The molecule has 1 aromatic heterocycles. The fourth-order valence-electron chi connectivity index (χ4n) is 2.17. The molecule has 1 unspecified atom stereocenters. The second-order valence-corrected chi connectivity index (χ2v) is 5.29. The molecule has 1 aliphatic heterocycles. The minimum absolute atomic E-state index is 0.274. The Morgan fingerprint density at radius 2 is 2.39 bits per heavy atom. The van der Waals surface area contributed by atoms with Crippen molar-refractivity contribution in [2.24, 2.45) is 0 Å². The second kappa shape index (κ2) is 6.31. The van der Waals surface area contributed by atoms with Gasteiger partial charge in [-0.2, -0.15) is 0 Å². The van der Waals surface area contributed by atoms with Crippen molar-refractivity contribution in [1.29, 1.82) is 0 Å². The van der Waals surface area contributed by atoms with Crippen LogP contribution in [0.25, 0.3) is 0 Å². The van der Waals surface area contributed by atoms with Crippen molar-refractivity contribution >= 4 is 0 Å². The van der Waals surface area contributed by atoms with E-state index in [1.165, 1.54) is 0 Å². The first-order valence-corrected chi connectivity index (χ1v) is 6.68. The van der Waals surface area contributed by atoms with Gasteiger partial charge in [0.05, 0.1) is 25.8 Å². The zero-order chi connectivity index (χ0) is 13.0. The van der Waals surface area contributed by atoms with Crippen LogP contribution in [0.3, 0.4) is 0 Å². The van der Waals surface area contributed by atoms with Crippen molar-refractivity contribution in [1.82, 2.24) is 19.8 Å². The van der Waals surface area contributed by atoms with Gasteiger partial charge in [-0.3, -0.25) is 0 Å². The van der Waals surface area contributed by atoms with Crippen LogP contribution >= 0.6 is 0 Å². The maximum atomic E-state index is 5.79. The minimum atomic E-state index is 0.274. The smallest absolute Gasteiger partial charge is 0.122 e. The van der Waals surface area contributed by atoms with Gasteiger partial charge in [0, 0.05) is 31.5 Å². The summed E-state index contributed by atoms with van der Waals surface area (Å²) in [6.07, 6.45) is 4.18. The Hall–Kier alpha value is -0.910. The molecule has 0 radical (unpaired) electrons. The average molecular weight is 252 g/mol. The molecule has 1 fully saturated rings. The van der Waals surface area contributed by atoms with Gasteiger partial charge in [0.25, 0.3) is 0 Å². The Balaban J connectivity index is 1.90. The van der Waals surface area contributed by atoms with E-state index in [9.17, 15) is 0 Å². The highest BCUT2D eigenvalue weighted by molar-refractivity contribution is 4.93. The highest BCUT2D eigenvalue weighted by Gasteiger charge is 2.18. The number of likely N-dealkylation sites (N-methyl/N-ethyl adjacent to an activating group) is 1. The van der Waals surface area contributed by atoms with E-state index in [0.717, 1.165) is 38.6 Å². The summed E-state index contributed by atoms with van der Waals surface area (Å²) in [7, 11) is 2.14. The highest BCUT2D eigenvalue weighted by atomic mass is 16.5. The summed E-state index contributed by atoms with van der Waals surface area (Å²) < 4.78 is 7.99. The third-order valence-electron chi connectivity index (χ3n) is 3.21. The molecule has 0 aromatic carbocycles. The van der Waals surface area contributed by atoms with Gasteiger partial charge in [0.1, 0.15) is 5.82 Å². The van der Waals surface area contributed by atoms with Gasteiger partial charge in [-0.05, 0) is 7.05 Å². The third kappa shape index (κ3) is 3.80. The summed E-state index contributed by atoms with van der Waals surface area (Å²) in [6, 6.07) is 0.479. The Morgan fingerprint density at radius 1 is 1.56 bits per heavy atom. The summed E-state index contributed by atoms with van der Waals surface area (Å²) in [6.45, 7) is 8.85. The molecule has 5 heteroatoms. The van der Waals surface area contributed by atoms with Crippen LogP contribution in [0.5, 0.6) is 0 Å². The number of rotatable bonds is 5. The van der Waals surface area contributed by atoms with Crippen LogP contribution in [0.1, 0.15) is 19.7 Å². The lowest BCUT2D eigenvalue weighted by Crippen LogP contribution is -2.42. The Bertz CT molecular complexity index is 364. The largest absolute Gasteiger partial charge is 0.374 e. The van der Waals surface area contributed by atoms with E-state index >= 15 is 0 Å². The normalized spacial score (nSPS) is 21.7. The molecule has 1 N–H and O–H groups in total. The summed E-state index contributed by atoms with van der Waals surface area (Å²) in [5.41, 5.74) is 0. The van der Waals surface area contributed by atoms with Crippen LogP contribution in [-0.4, -0.2) is 53.3 Å². The lowest BCUT2D eigenvalue weighted by molar-refractivity contribution is -0.0278. The lowest BCUT2D eigenvalue weighted by atomic mass is 10.3. The quantitative estimate of drug-likeness (QED) is 0.838. The van der Waals surface area contributed by atoms with E-state index in [1.807, 2.05) is 12.4 Å². The van der Waals surface area contributed by atoms with Crippen LogP contribution < -0.4 is 5.32 Å². The molecule has 1 aromatic rings. The van der Waals surface area contributed by atoms with Crippen molar-refractivity contribution in [3.05, 3.63) is 18.2 Å². The molecule has 1 aliphatic rings. The standard InChI is InChI=1S/C13H24N4O/c1-11(2)15-8-13-14-4-5-17(13)10-12-9-16(3)6-7-18-12/h4-5,11-12,15H,6-10H2,1-3H3. The van der Waals surface area contributed by atoms with Gasteiger partial charge < -0.3 is 19.5 Å². The van der Waals surface area contributed by atoms with Gasteiger partial charge in [0.2, 0.25) is 0 Å². The molecule has 2 rings (SSSR count). The van der Waals surface area contributed by atoms with E-state index in [-0.39, 0.29) is 6.10 Å². The van der Waals surface area contributed by atoms with Crippen molar-refractivity contribution in [3.63, 3.8) is 0 Å². The maximum Gasteiger partial charge on any atom is 0.122 e. The number of nitrogens with one attached hydrogen (secondary N) is 1. The zero-order valence-corrected chi connectivity index (χ0v) is 11.6. The molecule has 2 heterocycles. The van der Waals surface area contributed by atoms with Crippen molar-refractivity contribution in [2.45, 2.75) is 39.1 Å². The van der Waals surface area contributed by atoms with Crippen LogP contribution in [0.2, 0.25) is 0 Å². The molecule has 0 bridgehead atoms. The molecule has 0 aliphatic carbocycles. The van der Waals surface area contributed by atoms with Crippen LogP contribution in [-0.2, 0) is 17.8 Å². The first kappa shape index (κ1) is 13.5. The lowest BCUT2D eigenvalue weighted by Gasteiger charge is -2.30. The van der Waals surface area contributed by atoms with Gasteiger partial charge >= 0.3 is 0 Å². The van der Waals surface area contributed by atoms with E-state index in [4.69, 9.17) is 4.74 Å². The SMILES string of the molecule is CC(C)NCc1nccn1CC1CN(C)CCO1. The summed E-state index contributed by atoms with van der Waals surface area (Å²) >= 11 is 0. The number of hydrogen-bond donors (Lipinski definition) is 1. The van der Waals surface area contributed by atoms with E-state index in [2.05, 4.69) is 40.7 Å². The van der Waals surface area contributed by atoms with Gasteiger partial charge in [-0.1, -0.05) is 13.8 Å². The summed E-state index contributed by atoms with van der Waals surface area (Å²) in [5, 5.41) is 3.40. The van der Waals surface area contributed by atoms with Gasteiger partial charge in [-0.25, -0.2) is 4.98 Å². The topological polar surface area (TPSA) is 42.3 Å². The van der Waals surface area contributed by atoms with Gasteiger partial charge in [0.15, 0.2) is 0 Å². The monoisotopic (exact) mass is 252 g/mol. The zero-order valence-electron chi connectivity index (χ0n) is 11.6. The highest BCUT2D eigenvalue weighted by Crippen LogP contribution is 2.08. The number of morpholine rings is 1. The Kier molecular flexibility index (Phi) is 4.74. The number of aromatic nitrogens is 2. The predicted octanol–water partition coefficient (Wildman–Crippen LogP) is 0.712. The minimum Gasteiger partial charge on any atom is -0.374 e. The maximum absolute atomic E-state index is 5.79. The molecular formula is C13H24N4O. The van der Waals surface area contributed by atoms with E-state index in [1.54, 1.807) is 0 Å². The first-order valence-electron chi connectivity index (χ1n) is 6.68. The number of nitrogens with zero attached hydrogens (tertiary/aromatic N) is 3. The Morgan fingerprint density at radius 3 is 3.11 bits per heavy atom. The molecule has 18 heavy (non-hydrogen) atoms. The van der Waals surface area contributed by atoms with E-state index < -0.39 is 0 Å². The Labute approximate surface area is 109 Å². The average Bonchev–Trinajstić information content (AvgIpc) is 2.74. The molecule has 5 nitrogen and oxygen atoms in total. The van der Waals surface area contributed by atoms with Crippen molar-refractivity contribution < 1.29 is 4.74 Å². The fourth-order valence-corrected chi connectivity index (χ4v) is 2.17. The molecule has 0 spiro atoms. The molecule has 1 atom stereocenters. The van der Waals surface area contributed by atoms with Crippen LogP contribution in [0.15, 0.2) is 12.4 Å². The summed E-state index contributed by atoms with van der Waals surface area (Å²) in [4.78, 5) is 6.72. The van der Waals surface area contributed by atoms with Crippen LogP contribution in [0, 0.1) is 0 Å².